The van der Waals surface area contributed by atoms with Crippen LogP contribution in [0.4, 0.5) is 4.79 Å². The van der Waals surface area contributed by atoms with Gasteiger partial charge in [-0.1, -0.05) is 19.3 Å². The van der Waals surface area contributed by atoms with Crippen molar-refractivity contribution >= 4 is 12.0 Å². The zero-order valence-corrected chi connectivity index (χ0v) is 11.1. The molecule has 1 heterocycles. The van der Waals surface area contributed by atoms with Crippen LogP contribution in [-0.2, 0) is 9.53 Å². The van der Waals surface area contributed by atoms with Crippen LogP contribution in [0.15, 0.2) is 0 Å². The first-order valence-corrected chi connectivity index (χ1v) is 7.02. The third-order valence-corrected chi connectivity index (χ3v) is 3.96. The predicted octanol–water partition coefficient (Wildman–Crippen LogP) is 1.25. The van der Waals surface area contributed by atoms with Crippen molar-refractivity contribution in [3.8, 4) is 0 Å². The summed E-state index contributed by atoms with van der Waals surface area (Å²) in [6, 6.07) is -0.400. The molecule has 0 aromatic carbocycles. The summed E-state index contributed by atoms with van der Waals surface area (Å²) in [5.74, 6) is -0.928. The number of ether oxygens (including phenoxy) is 1. The molecular formula is C13H22N2O4. The lowest BCUT2D eigenvalue weighted by molar-refractivity contribution is -0.145. The van der Waals surface area contributed by atoms with Gasteiger partial charge in [0, 0.05) is 6.61 Å². The molecule has 6 heteroatoms. The molecule has 2 rings (SSSR count). The second-order valence-electron chi connectivity index (χ2n) is 5.46. The van der Waals surface area contributed by atoms with Crippen molar-refractivity contribution < 1.29 is 19.4 Å². The standard InChI is InChI=1S/C13H22N2O4/c16-11(17)13(6-2-1-3-7-13)15-12(18)14-10-5-4-8-19-9-10/h10H,1-9H2,(H,16,17)(H2,14,15,18). The van der Waals surface area contributed by atoms with Gasteiger partial charge in [-0.15, -0.1) is 0 Å². The Morgan fingerprint density at radius 1 is 1.16 bits per heavy atom. The Hall–Kier alpha value is -1.30. The van der Waals surface area contributed by atoms with Gasteiger partial charge in [0.1, 0.15) is 5.54 Å². The normalized spacial score (nSPS) is 26.4. The van der Waals surface area contributed by atoms with Gasteiger partial charge in [0.2, 0.25) is 0 Å². The van der Waals surface area contributed by atoms with Crippen LogP contribution in [0, 0.1) is 0 Å². The fourth-order valence-corrected chi connectivity index (χ4v) is 2.84. The van der Waals surface area contributed by atoms with Crippen molar-refractivity contribution in [2.75, 3.05) is 13.2 Å². The number of carbonyl (C=O) groups excluding carboxylic acids is 1. The zero-order valence-electron chi connectivity index (χ0n) is 11.1. The van der Waals surface area contributed by atoms with E-state index in [1.807, 2.05) is 0 Å². The lowest BCUT2D eigenvalue weighted by Crippen LogP contribution is -2.59. The highest BCUT2D eigenvalue weighted by Crippen LogP contribution is 2.28. The highest BCUT2D eigenvalue weighted by atomic mass is 16.5. The highest BCUT2D eigenvalue weighted by Gasteiger charge is 2.41. The van der Waals surface area contributed by atoms with E-state index in [2.05, 4.69) is 10.6 Å². The van der Waals surface area contributed by atoms with E-state index >= 15 is 0 Å². The maximum absolute atomic E-state index is 11.9. The molecule has 2 aliphatic rings. The van der Waals surface area contributed by atoms with Crippen LogP contribution in [0.25, 0.3) is 0 Å². The number of hydrogen-bond acceptors (Lipinski definition) is 3. The number of carbonyl (C=O) groups is 2. The minimum atomic E-state index is -1.09. The van der Waals surface area contributed by atoms with Crippen LogP contribution in [-0.4, -0.2) is 41.9 Å². The van der Waals surface area contributed by atoms with Gasteiger partial charge in [-0.05, 0) is 25.7 Å². The van der Waals surface area contributed by atoms with Crippen LogP contribution in [0.2, 0.25) is 0 Å². The molecule has 1 unspecified atom stereocenters. The molecule has 1 atom stereocenters. The molecule has 19 heavy (non-hydrogen) atoms. The Morgan fingerprint density at radius 3 is 2.47 bits per heavy atom. The van der Waals surface area contributed by atoms with Crippen molar-refractivity contribution in [1.29, 1.82) is 0 Å². The van der Waals surface area contributed by atoms with Gasteiger partial charge in [-0.3, -0.25) is 0 Å². The van der Waals surface area contributed by atoms with Crippen molar-refractivity contribution in [2.24, 2.45) is 0 Å². The van der Waals surface area contributed by atoms with Crippen molar-refractivity contribution in [3.63, 3.8) is 0 Å². The molecule has 0 spiro atoms. The molecule has 0 aromatic rings. The molecule has 1 aliphatic heterocycles. The molecule has 108 valence electrons. The molecular weight excluding hydrogens is 248 g/mol. The molecule has 0 radical (unpaired) electrons. The fourth-order valence-electron chi connectivity index (χ4n) is 2.84. The molecule has 0 bridgehead atoms. The maximum Gasteiger partial charge on any atom is 0.329 e. The van der Waals surface area contributed by atoms with E-state index in [0.717, 1.165) is 38.7 Å². The van der Waals surface area contributed by atoms with E-state index in [-0.39, 0.29) is 12.1 Å². The lowest BCUT2D eigenvalue weighted by atomic mass is 9.82. The summed E-state index contributed by atoms with van der Waals surface area (Å²) in [5.41, 5.74) is -1.09. The summed E-state index contributed by atoms with van der Waals surface area (Å²) in [6.45, 7) is 1.24. The number of aliphatic carboxylic acids is 1. The minimum Gasteiger partial charge on any atom is -0.480 e. The molecule has 3 N–H and O–H groups in total. The Balaban J connectivity index is 1.89. The molecule has 1 saturated heterocycles. The second-order valence-corrected chi connectivity index (χ2v) is 5.46. The highest BCUT2D eigenvalue weighted by molar-refractivity contribution is 5.86. The third-order valence-electron chi connectivity index (χ3n) is 3.96. The summed E-state index contributed by atoms with van der Waals surface area (Å²) < 4.78 is 5.29. The van der Waals surface area contributed by atoms with Crippen LogP contribution >= 0.6 is 0 Å². The Kier molecular flexibility index (Phi) is 4.63. The predicted molar refractivity (Wildman–Crippen MR) is 69.0 cm³/mol. The SMILES string of the molecule is O=C(NC1CCCOC1)NC1(C(=O)O)CCCCC1. The topological polar surface area (TPSA) is 87.7 Å². The van der Waals surface area contributed by atoms with Gasteiger partial charge in [-0.25, -0.2) is 9.59 Å². The summed E-state index contributed by atoms with van der Waals surface area (Å²) >= 11 is 0. The number of urea groups is 1. The van der Waals surface area contributed by atoms with E-state index < -0.39 is 11.5 Å². The second kappa shape index (κ2) is 6.23. The number of rotatable bonds is 3. The number of hydrogen-bond donors (Lipinski definition) is 3. The molecule has 1 saturated carbocycles. The van der Waals surface area contributed by atoms with E-state index in [1.165, 1.54) is 0 Å². The lowest BCUT2D eigenvalue weighted by Gasteiger charge is -2.34. The number of carboxylic acid groups (broad SMARTS) is 1. The minimum absolute atomic E-state index is 0.0109. The Bertz CT molecular complexity index is 334. The first-order valence-electron chi connectivity index (χ1n) is 7.02. The Morgan fingerprint density at radius 2 is 1.89 bits per heavy atom. The van der Waals surface area contributed by atoms with Gasteiger partial charge in [0.25, 0.3) is 0 Å². The first-order chi connectivity index (χ1) is 9.12. The number of carboxylic acids is 1. The molecule has 2 fully saturated rings. The van der Waals surface area contributed by atoms with Gasteiger partial charge in [0.15, 0.2) is 0 Å². The average molecular weight is 270 g/mol. The quantitative estimate of drug-likeness (QED) is 0.720. The van der Waals surface area contributed by atoms with E-state index in [0.29, 0.717) is 19.4 Å². The van der Waals surface area contributed by atoms with Gasteiger partial charge in [0.05, 0.1) is 12.6 Å². The van der Waals surface area contributed by atoms with Crippen molar-refractivity contribution in [3.05, 3.63) is 0 Å². The summed E-state index contributed by atoms with van der Waals surface area (Å²) in [7, 11) is 0. The van der Waals surface area contributed by atoms with Gasteiger partial charge >= 0.3 is 12.0 Å². The molecule has 1 aliphatic carbocycles. The summed E-state index contributed by atoms with van der Waals surface area (Å²) in [4.78, 5) is 23.4. The number of nitrogens with one attached hydrogen (secondary N) is 2. The van der Waals surface area contributed by atoms with Crippen molar-refractivity contribution in [1.82, 2.24) is 10.6 Å². The average Bonchev–Trinajstić information content (AvgIpc) is 2.40. The van der Waals surface area contributed by atoms with Crippen LogP contribution in [0.3, 0.4) is 0 Å². The first kappa shape index (κ1) is 14.1. The monoisotopic (exact) mass is 270 g/mol. The smallest absolute Gasteiger partial charge is 0.329 e. The van der Waals surface area contributed by atoms with E-state index in [4.69, 9.17) is 4.74 Å². The molecule has 0 aromatic heterocycles. The largest absolute Gasteiger partial charge is 0.480 e. The Labute approximate surface area is 112 Å². The summed E-state index contributed by atoms with van der Waals surface area (Å²) in [5, 5.41) is 14.9. The number of amides is 2. The molecule has 2 amide bonds. The van der Waals surface area contributed by atoms with Crippen molar-refractivity contribution in [2.45, 2.75) is 56.5 Å². The van der Waals surface area contributed by atoms with Crippen LogP contribution < -0.4 is 10.6 Å². The zero-order chi connectivity index (χ0) is 13.7. The maximum atomic E-state index is 11.9. The van der Waals surface area contributed by atoms with Crippen LogP contribution in [0.5, 0.6) is 0 Å². The van der Waals surface area contributed by atoms with Crippen LogP contribution in [0.1, 0.15) is 44.9 Å². The third kappa shape index (κ3) is 3.59. The van der Waals surface area contributed by atoms with Gasteiger partial charge in [-0.2, -0.15) is 0 Å². The van der Waals surface area contributed by atoms with E-state index in [9.17, 15) is 14.7 Å². The summed E-state index contributed by atoms with van der Waals surface area (Å²) in [6.07, 6.45) is 5.56. The molecule has 6 nitrogen and oxygen atoms in total. The fraction of sp³-hybridized carbons (Fsp3) is 0.846. The van der Waals surface area contributed by atoms with E-state index in [1.54, 1.807) is 0 Å². The van der Waals surface area contributed by atoms with Gasteiger partial charge < -0.3 is 20.5 Å².